The number of rotatable bonds is 6. The van der Waals surface area contributed by atoms with Crippen molar-refractivity contribution >= 4 is 47.5 Å². The summed E-state index contributed by atoms with van der Waals surface area (Å²) in [4.78, 5) is 16.9. The van der Waals surface area contributed by atoms with E-state index in [-0.39, 0.29) is 60.7 Å². The van der Waals surface area contributed by atoms with E-state index in [2.05, 4.69) is 0 Å². The van der Waals surface area contributed by atoms with Gasteiger partial charge in [0.1, 0.15) is 11.6 Å². The van der Waals surface area contributed by atoms with Gasteiger partial charge in [-0.05, 0) is 98.0 Å². The minimum absolute atomic E-state index is 0.0115. The van der Waals surface area contributed by atoms with Gasteiger partial charge in [0.05, 0.1) is 61.6 Å². The fourth-order valence-corrected chi connectivity index (χ4v) is 13.2. The second-order valence-electron chi connectivity index (χ2n) is 17.3. The van der Waals surface area contributed by atoms with Gasteiger partial charge in [0, 0.05) is 29.6 Å². The van der Waals surface area contributed by atoms with Crippen LogP contribution in [0.25, 0.3) is 22.3 Å². The number of nitrogens with zero attached hydrogens (tertiary/aromatic N) is 4. The molecule has 0 amide bonds. The number of sulfone groups is 1. The Morgan fingerprint density at radius 3 is 2.42 bits per heavy atom. The number of ether oxygens (including phenoxy) is 1. The van der Waals surface area contributed by atoms with E-state index in [4.69, 9.17) is 14.8 Å². The number of halogens is 2. The number of hydrogen-bond donors (Lipinski definition) is 0. The Morgan fingerprint density at radius 1 is 0.984 bits per heavy atom. The van der Waals surface area contributed by atoms with Gasteiger partial charge in [-0.15, -0.1) is 0 Å². The van der Waals surface area contributed by atoms with Crippen molar-refractivity contribution in [2.75, 3.05) is 18.6 Å². The van der Waals surface area contributed by atoms with E-state index in [9.17, 15) is 25.8 Å². The van der Waals surface area contributed by atoms with E-state index in [0.717, 1.165) is 32.8 Å². The second kappa shape index (κ2) is 16.9. The normalized spacial score (nSPS) is 19.9. The highest BCUT2D eigenvalue weighted by Crippen LogP contribution is 2.40. The Hall–Kier alpha value is -5.06. The molecule has 0 saturated heterocycles. The molecule has 6 aromatic rings. The van der Waals surface area contributed by atoms with Gasteiger partial charge in [-0.2, -0.15) is 5.10 Å². The number of aryl methyl sites for hydroxylation is 3. The summed E-state index contributed by atoms with van der Waals surface area (Å²) in [5.41, 5.74) is 0.979. The zero-order valence-electron chi connectivity index (χ0n) is 35.7. The quantitative estimate of drug-likeness (QED) is 0.151. The van der Waals surface area contributed by atoms with E-state index in [0.29, 0.717) is 31.5 Å². The first-order chi connectivity index (χ1) is 29.1. The minimum Gasteiger partial charge on any atom is -0.469 e. The monoisotopic (exact) mass is 904 g/mol. The SMILES string of the molecule is COC(=O)[C@@H](C)Cc1cccc([C@@]2(C)CCCC(C)(C)CS(=O)(=O)CCc3c(c(F)cc4c3ccn4S(=O)(=O)c3ccc(C)cc3)S(=O)c3ccc(F)c(c3)-c3nc2nn3C)c1. The predicted molar refractivity (Wildman–Crippen MR) is 234 cm³/mol. The molecule has 16 heteroatoms. The molecular weight excluding hydrogens is 855 g/mol. The number of carbonyl (C=O) groups excluding carboxylic acids is 1. The van der Waals surface area contributed by atoms with Gasteiger partial charge in [0.25, 0.3) is 10.0 Å². The molecule has 62 heavy (non-hydrogen) atoms. The molecule has 1 unspecified atom stereocenters. The first kappa shape index (κ1) is 45.0. The molecule has 11 nitrogen and oxygen atoms in total. The summed E-state index contributed by atoms with van der Waals surface area (Å²) >= 11 is 0. The molecule has 0 radical (unpaired) electrons. The highest BCUT2D eigenvalue weighted by molar-refractivity contribution is 7.91. The molecular formula is C46H50F2N4O7S3. The fourth-order valence-electron chi connectivity index (χ4n) is 8.50. The highest BCUT2D eigenvalue weighted by atomic mass is 32.2. The Balaban J connectivity index is 1.39. The van der Waals surface area contributed by atoms with Gasteiger partial charge in [-0.3, -0.25) is 4.79 Å². The van der Waals surface area contributed by atoms with Gasteiger partial charge >= 0.3 is 5.97 Å². The number of carbonyl (C=O) groups is 1. The average Bonchev–Trinajstić information content (AvgIpc) is 3.83. The predicted octanol–water partition coefficient (Wildman–Crippen LogP) is 8.25. The first-order valence-electron chi connectivity index (χ1n) is 20.3. The van der Waals surface area contributed by atoms with Crippen LogP contribution < -0.4 is 0 Å². The zero-order chi connectivity index (χ0) is 44.9. The lowest BCUT2D eigenvalue weighted by Crippen LogP contribution is -2.29. The summed E-state index contributed by atoms with van der Waals surface area (Å²) in [7, 11) is -7.45. The summed E-state index contributed by atoms with van der Waals surface area (Å²) in [6.07, 6.45) is 2.94. The number of benzene rings is 4. The van der Waals surface area contributed by atoms with Gasteiger partial charge in [-0.25, -0.2) is 43.5 Å². The number of esters is 1. The molecule has 1 aliphatic rings. The summed E-state index contributed by atoms with van der Waals surface area (Å²) in [5, 5.41) is 5.04. The topological polar surface area (TPSA) is 147 Å². The third kappa shape index (κ3) is 8.78. The van der Waals surface area contributed by atoms with Gasteiger partial charge < -0.3 is 4.74 Å². The molecule has 3 heterocycles. The summed E-state index contributed by atoms with van der Waals surface area (Å²) in [6, 6.07) is 20.1. The molecule has 0 saturated carbocycles. The maximum absolute atomic E-state index is 16.7. The van der Waals surface area contributed by atoms with Crippen LogP contribution in [-0.4, -0.2) is 64.4 Å². The van der Waals surface area contributed by atoms with Crippen molar-refractivity contribution in [3.63, 3.8) is 0 Å². The summed E-state index contributed by atoms with van der Waals surface area (Å²) < 4.78 is 111. The largest absolute Gasteiger partial charge is 0.469 e. The van der Waals surface area contributed by atoms with Crippen molar-refractivity contribution < 1.29 is 39.4 Å². The Labute approximate surface area is 364 Å². The lowest BCUT2D eigenvalue weighted by molar-refractivity contribution is -0.144. The van der Waals surface area contributed by atoms with Crippen LogP contribution in [-0.2, 0) is 65.5 Å². The van der Waals surface area contributed by atoms with Gasteiger partial charge in [0.15, 0.2) is 21.5 Å². The number of aromatic nitrogens is 4. The average molecular weight is 905 g/mol. The van der Waals surface area contributed by atoms with Crippen LogP contribution in [0, 0.1) is 29.9 Å². The first-order valence-corrected chi connectivity index (χ1v) is 24.7. The van der Waals surface area contributed by atoms with Crippen molar-refractivity contribution in [3.05, 3.63) is 125 Å². The van der Waals surface area contributed by atoms with Crippen LogP contribution in [0.15, 0.2) is 99.7 Å². The van der Waals surface area contributed by atoms with E-state index < -0.39 is 64.8 Å². The molecule has 7 rings (SSSR count). The highest BCUT2D eigenvalue weighted by Gasteiger charge is 2.37. The number of fused-ring (bicyclic) bond motifs is 8. The fraction of sp³-hybridized carbons (Fsp3) is 0.370. The second-order valence-corrected chi connectivity index (χ2v) is 22.8. The van der Waals surface area contributed by atoms with Crippen molar-refractivity contribution in [3.8, 4) is 11.4 Å². The molecule has 1 aliphatic heterocycles. The van der Waals surface area contributed by atoms with Crippen LogP contribution in [0.3, 0.4) is 0 Å². The molecule has 328 valence electrons. The van der Waals surface area contributed by atoms with Gasteiger partial charge in [-0.1, -0.05) is 69.2 Å². The molecule has 4 bridgehead atoms. The van der Waals surface area contributed by atoms with Crippen molar-refractivity contribution in [2.24, 2.45) is 18.4 Å². The number of methoxy groups -OCH3 is 1. The smallest absolute Gasteiger partial charge is 0.308 e. The van der Waals surface area contributed by atoms with Crippen LogP contribution in [0.4, 0.5) is 8.78 Å². The minimum atomic E-state index is -4.22. The molecule has 0 spiro atoms. The Bertz CT molecular complexity index is 2960. The van der Waals surface area contributed by atoms with E-state index in [1.165, 1.54) is 48.3 Å². The van der Waals surface area contributed by atoms with Crippen LogP contribution in [0.2, 0.25) is 0 Å². The van der Waals surface area contributed by atoms with Crippen LogP contribution in [0.1, 0.15) is 75.0 Å². The van der Waals surface area contributed by atoms with Crippen molar-refractivity contribution in [2.45, 2.75) is 86.8 Å². The van der Waals surface area contributed by atoms with Gasteiger partial charge in [0.2, 0.25) is 0 Å². The zero-order valence-corrected chi connectivity index (χ0v) is 38.2. The number of hydrogen-bond acceptors (Lipinski definition) is 9. The summed E-state index contributed by atoms with van der Waals surface area (Å²) in [5.74, 6) is -2.56. The third-order valence-corrected chi connectivity index (χ3v) is 17.1. The molecule has 0 N–H and O–H groups in total. The summed E-state index contributed by atoms with van der Waals surface area (Å²) in [6.45, 7) is 9.34. The standard InChI is InChI=1S/C46H50F2N4O7S3/c1-29-12-15-34(16-13-29)62(57,58)52-22-18-35-36-19-23-61(55,56)28-45(3,4)20-9-21-46(5,32-11-8-10-31(25-32)24-30(2)43(53)59-7)44-49-42(51(6)50-44)37-26-33(14-17-38(37)47)60(54)41(36)39(48)27-40(35)52/h8,10-18,22,25-27,30H,9,19-21,23-24,28H2,1-7H3/t30-,46+,60?/m0/s1. The van der Waals surface area contributed by atoms with Crippen molar-refractivity contribution in [1.82, 2.24) is 18.7 Å². The maximum Gasteiger partial charge on any atom is 0.308 e. The van der Waals surface area contributed by atoms with Crippen LogP contribution >= 0.6 is 0 Å². The lowest BCUT2D eigenvalue weighted by Gasteiger charge is -2.31. The molecule has 4 aromatic carbocycles. The molecule has 0 fully saturated rings. The molecule has 0 aliphatic carbocycles. The lowest BCUT2D eigenvalue weighted by atomic mass is 9.75. The Morgan fingerprint density at radius 2 is 1.71 bits per heavy atom. The van der Waals surface area contributed by atoms with E-state index in [1.807, 2.05) is 52.0 Å². The third-order valence-electron chi connectivity index (χ3n) is 11.9. The molecule has 2 aromatic heterocycles. The van der Waals surface area contributed by atoms with Crippen molar-refractivity contribution in [1.29, 1.82) is 0 Å². The van der Waals surface area contributed by atoms with Crippen LogP contribution in [0.5, 0.6) is 0 Å². The molecule has 3 atom stereocenters. The van der Waals surface area contributed by atoms with E-state index >= 15 is 8.78 Å². The van der Waals surface area contributed by atoms with E-state index in [1.54, 1.807) is 26.1 Å². The Kier molecular flexibility index (Phi) is 12.3. The maximum atomic E-state index is 16.7.